The molecule has 10 heteroatoms. The fourth-order valence-electron chi connectivity index (χ4n) is 5.40. The number of nitrogens with zero attached hydrogens (tertiary/aromatic N) is 3. The highest BCUT2D eigenvalue weighted by Gasteiger charge is 2.39. The summed E-state index contributed by atoms with van der Waals surface area (Å²) < 4.78 is 13.5. The molecular formula is C33H35ClN4O4S. The second kappa shape index (κ2) is 13.1. The Bertz CT molecular complexity index is 1650. The number of anilines is 1. The molecule has 0 fully saturated rings. The van der Waals surface area contributed by atoms with E-state index < -0.39 is 0 Å². The van der Waals surface area contributed by atoms with E-state index in [4.69, 9.17) is 26.2 Å². The fourth-order valence-corrected chi connectivity index (χ4v) is 6.94. The van der Waals surface area contributed by atoms with Crippen molar-refractivity contribution in [3.63, 3.8) is 0 Å². The van der Waals surface area contributed by atoms with E-state index in [1.54, 1.807) is 23.8 Å². The molecule has 2 amide bonds. The van der Waals surface area contributed by atoms with Gasteiger partial charge >= 0.3 is 0 Å². The van der Waals surface area contributed by atoms with Crippen molar-refractivity contribution in [2.75, 3.05) is 38.0 Å². The third kappa shape index (κ3) is 5.96. The van der Waals surface area contributed by atoms with Crippen LogP contribution < -0.4 is 19.7 Å². The Kier molecular flexibility index (Phi) is 9.32. The van der Waals surface area contributed by atoms with Gasteiger partial charge in [0.1, 0.15) is 29.6 Å². The first-order chi connectivity index (χ1) is 20.8. The number of carbonyl (C=O) groups excluding carboxylic acids is 2. The molecule has 4 aromatic rings. The van der Waals surface area contributed by atoms with E-state index in [-0.39, 0.29) is 29.4 Å². The summed E-state index contributed by atoms with van der Waals surface area (Å²) in [4.78, 5) is 28.7. The Morgan fingerprint density at radius 1 is 1.07 bits per heavy atom. The van der Waals surface area contributed by atoms with Gasteiger partial charge in [0.2, 0.25) is 11.8 Å². The minimum Gasteiger partial charge on any atom is -0.496 e. The zero-order chi connectivity index (χ0) is 30.7. The third-order valence-corrected chi connectivity index (χ3v) is 8.98. The highest BCUT2D eigenvalue weighted by molar-refractivity contribution is 8.00. The molecule has 8 nitrogen and oxygen atoms in total. The third-order valence-electron chi connectivity index (χ3n) is 7.40. The smallest absolute Gasteiger partial charge is 0.240 e. The first-order valence-corrected chi connectivity index (χ1v) is 15.6. The summed E-state index contributed by atoms with van der Waals surface area (Å²) in [6.07, 6.45) is 0.785. The molecule has 3 aromatic carbocycles. The van der Waals surface area contributed by atoms with Crippen LogP contribution in [0.2, 0.25) is 5.02 Å². The van der Waals surface area contributed by atoms with E-state index in [2.05, 4.69) is 11.4 Å². The summed E-state index contributed by atoms with van der Waals surface area (Å²) in [6.45, 7) is 6.40. The number of halogens is 1. The van der Waals surface area contributed by atoms with Crippen LogP contribution >= 0.6 is 23.4 Å². The molecule has 0 bridgehead atoms. The Morgan fingerprint density at radius 3 is 2.44 bits per heavy atom. The minimum atomic E-state index is -0.388. The molecule has 0 saturated heterocycles. The van der Waals surface area contributed by atoms with Gasteiger partial charge in [0.15, 0.2) is 0 Å². The lowest BCUT2D eigenvalue weighted by atomic mass is 9.98. The molecule has 0 radical (unpaired) electrons. The highest BCUT2D eigenvalue weighted by Crippen LogP contribution is 2.52. The van der Waals surface area contributed by atoms with Gasteiger partial charge in [-0.1, -0.05) is 60.5 Å². The first kappa shape index (κ1) is 30.5. The Labute approximate surface area is 261 Å². The van der Waals surface area contributed by atoms with Crippen LogP contribution in [-0.2, 0) is 9.59 Å². The number of ether oxygens (including phenoxy) is 2. The van der Waals surface area contributed by atoms with Crippen LogP contribution in [0.3, 0.4) is 0 Å². The molecule has 224 valence electrons. The minimum absolute atomic E-state index is 0.140. The number of benzene rings is 3. The quantitative estimate of drug-likeness (QED) is 0.230. The number of rotatable bonds is 9. The number of carbonyl (C=O) groups is 2. The largest absolute Gasteiger partial charge is 0.496 e. The van der Waals surface area contributed by atoms with Crippen molar-refractivity contribution in [2.45, 2.75) is 32.4 Å². The van der Waals surface area contributed by atoms with Crippen molar-refractivity contribution in [2.24, 2.45) is 0 Å². The average Bonchev–Trinajstić information content (AvgIpc) is 3.31. The van der Waals surface area contributed by atoms with Crippen LogP contribution in [0.4, 0.5) is 5.82 Å². The van der Waals surface area contributed by atoms with Crippen LogP contribution in [0.1, 0.15) is 40.8 Å². The van der Waals surface area contributed by atoms with Crippen molar-refractivity contribution in [3.8, 4) is 28.4 Å². The fraction of sp³-hybridized carbons (Fsp3) is 0.303. The molecule has 2 heterocycles. The van der Waals surface area contributed by atoms with Gasteiger partial charge in [-0.3, -0.25) is 14.5 Å². The van der Waals surface area contributed by atoms with Crippen LogP contribution in [-0.4, -0.2) is 54.7 Å². The Balaban J connectivity index is 1.90. The molecule has 0 unspecified atom stereocenters. The predicted octanol–water partition coefficient (Wildman–Crippen LogP) is 6.52. The van der Waals surface area contributed by atoms with Crippen LogP contribution in [0.5, 0.6) is 11.5 Å². The Morgan fingerprint density at radius 2 is 1.79 bits per heavy atom. The van der Waals surface area contributed by atoms with E-state index in [0.717, 1.165) is 34.4 Å². The molecule has 43 heavy (non-hydrogen) atoms. The van der Waals surface area contributed by atoms with Crippen LogP contribution in [0.25, 0.3) is 16.9 Å². The van der Waals surface area contributed by atoms with E-state index >= 15 is 0 Å². The maximum absolute atomic E-state index is 14.0. The number of aromatic nitrogens is 2. The molecule has 1 aliphatic heterocycles. The van der Waals surface area contributed by atoms with E-state index in [1.807, 2.05) is 75.4 Å². The number of amides is 2. The van der Waals surface area contributed by atoms with E-state index in [9.17, 15) is 9.59 Å². The lowest BCUT2D eigenvalue weighted by Gasteiger charge is -2.24. The van der Waals surface area contributed by atoms with Gasteiger partial charge in [-0.05, 0) is 55.7 Å². The van der Waals surface area contributed by atoms with Crippen molar-refractivity contribution >= 4 is 41.0 Å². The number of thioether (sulfide) groups is 1. The van der Waals surface area contributed by atoms with Crippen LogP contribution in [0.15, 0.2) is 60.7 Å². The average molecular weight is 619 g/mol. The predicted molar refractivity (Wildman–Crippen MR) is 173 cm³/mol. The lowest BCUT2D eigenvalue weighted by molar-refractivity contribution is -0.122. The molecule has 1 atom stereocenters. The monoisotopic (exact) mass is 618 g/mol. The normalized spacial score (nSPS) is 14.7. The molecule has 1 aromatic heterocycles. The second-order valence-corrected chi connectivity index (χ2v) is 11.9. The van der Waals surface area contributed by atoms with Crippen molar-refractivity contribution < 1.29 is 19.1 Å². The van der Waals surface area contributed by atoms with E-state index in [0.29, 0.717) is 40.1 Å². The SMILES string of the molecule is CCCNC(=O)CN1C(=O)CS[C@@H](c2ccccc2Cl)c2c(-c3c(OC)cccc3OC)nn(-c3ccc(C)cc3C)c21. The van der Waals surface area contributed by atoms with E-state index in [1.165, 1.54) is 11.8 Å². The molecule has 1 N–H and O–H groups in total. The summed E-state index contributed by atoms with van der Waals surface area (Å²) >= 11 is 8.28. The standard InChI is InChI=1S/C33H35ClN4O4S/c1-6-16-35-27(39)18-37-28(40)19-43-32(22-10-7-8-11-23(22)34)30-31(29-25(41-4)12-9-13-26(29)42-5)36-38(33(30)37)24-15-14-20(2)17-21(24)3/h7-15,17,32H,6,16,18-19H2,1-5H3,(H,35,39)/t32-/m0/s1. The number of fused-ring (bicyclic) bond motifs is 1. The van der Waals surface area contributed by atoms with Crippen LogP contribution in [0, 0.1) is 13.8 Å². The maximum Gasteiger partial charge on any atom is 0.240 e. The zero-order valence-corrected chi connectivity index (χ0v) is 26.5. The summed E-state index contributed by atoms with van der Waals surface area (Å²) in [7, 11) is 3.21. The summed E-state index contributed by atoms with van der Waals surface area (Å²) in [5, 5.41) is 8.33. The maximum atomic E-state index is 14.0. The molecule has 0 saturated carbocycles. The van der Waals surface area contributed by atoms with Gasteiger partial charge in [-0.25, -0.2) is 4.68 Å². The van der Waals surface area contributed by atoms with Crippen molar-refractivity contribution in [3.05, 3.63) is 87.9 Å². The summed E-state index contributed by atoms with van der Waals surface area (Å²) in [5.41, 5.74) is 5.68. The van der Waals surface area contributed by atoms with Gasteiger partial charge in [0.05, 0.1) is 36.5 Å². The van der Waals surface area contributed by atoms with Gasteiger partial charge < -0.3 is 14.8 Å². The summed E-state index contributed by atoms with van der Waals surface area (Å²) in [5.74, 6) is 1.35. The first-order valence-electron chi connectivity index (χ1n) is 14.1. The molecule has 0 spiro atoms. The highest BCUT2D eigenvalue weighted by atomic mass is 35.5. The number of hydrogen-bond donors (Lipinski definition) is 1. The number of hydrogen-bond acceptors (Lipinski definition) is 6. The molecular weight excluding hydrogens is 584 g/mol. The lowest BCUT2D eigenvalue weighted by Crippen LogP contribution is -2.42. The molecule has 5 rings (SSSR count). The number of nitrogens with one attached hydrogen (secondary N) is 1. The molecule has 0 aliphatic carbocycles. The second-order valence-electron chi connectivity index (χ2n) is 10.4. The summed E-state index contributed by atoms with van der Waals surface area (Å²) in [6, 6.07) is 19.3. The zero-order valence-electron chi connectivity index (χ0n) is 24.9. The number of methoxy groups -OCH3 is 2. The topological polar surface area (TPSA) is 85.7 Å². The van der Waals surface area contributed by atoms with Crippen molar-refractivity contribution in [1.29, 1.82) is 0 Å². The van der Waals surface area contributed by atoms with Gasteiger partial charge in [0.25, 0.3) is 0 Å². The Hall–Kier alpha value is -3.95. The van der Waals surface area contributed by atoms with Gasteiger partial charge in [0, 0.05) is 17.1 Å². The number of aryl methyl sites for hydroxylation is 2. The van der Waals surface area contributed by atoms with Gasteiger partial charge in [-0.2, -0.15) is 5.10 Å². The van der Waals surface area contributed by atoms with Gasteiger partial charge in [-0.15, -0.1) is 11.8 Å². The molecule has 1 aliphatic rings. The van der Waals surface area contributed by atoms with Crippen molar-refractivity contribution in [1.82, 2.24) is 15.1 Å².